The molecule has 6 nitrogen and oxygen atoms in total. The fraction of sp³-hybridized carbons (Fsp3) is 0.900. The maximum atomic E-state index is 12.8. The van der Waals surface area contributed by atoms with E-state index in [9.17, 15) is 4.79 Å². The van der Waals surface area contributed by atoms with E-state index in [1.165, 1.54) is 38.5 Å². The first-order chi connectivity index (χ1) is 12.7. The topological polar surface area (TPSA) is 70.1 Å². The number of amides is 1. The maximum absolute atomic E-state index is 12.8. The molecule has 1 amide bonds. The smallest absolute Gasteiger partial charge is 0.290 e. The Hall–Kier alpha value is -1.14. The highest BCUT2D eigenvalue weighted by Gasteiger charge is 2.27. The molecule has 2 aliphatic heterocycles. The SMILES string of the molecule is O=C(C1CCCCCC1)N1CCCN(CC2CCCOC2)CC1.O=CO. The number of carbonyl (C=O) groups is 2. The fourth-order valence-corrected chi connectivity index (χ4v) is 4.47. The van der Waals surface area contributed by atoms with E-state index in [1.54, 1.807) is 0 Å². The molecule has 2 heterocycles. The van der Waals surface area contributed by atoms with Gasteiger partial charge in [0.1, 0.15) is 0 Å². The molecule has 3 aliphatic rings. The van der Waals surface area contributed by atoms with E-state index < -0.39 is 0 Å². The van der Waals surface area contributed by atoms with Crippen LogP contribution in [0.15, 0.2) is 0 Å². The van der Waals surface area contributed by atoms with Gasteiger partial charge in [-0.25, -0.2) is 0 Å². The van der Waals surface area contributed by atoms with E-state index in [2.05, 4.69) is 9.80 Å². The number of ether oxygens (including phenoxy) is 1. The van der Waals surface area contributed by atoms with Crippen LogP contribution >= 0.6 is 0 Å². The third kappa shape index (κ3) is 7.23. The van der Waals surface area contributed by atoms with E-state index in [-0.39, 0.29) is 6.47 Å². The average Bonchev–Trinajstić information content (AvgIpc) is 3.06. The zero-order chi connectivity index (χ0) is 18.6. The van der Waals surface area contributed by atoms with Gasteiger partial charge in [-0.3, -0.25) is 9.59 Å². The Morgan fingerprint density at radius 1 is 0.962 bits per heavy atom. The van der Waals surface area contributed by atoms with Gasteiger partial charge in [-0.2, -0.15) is 0 Å². The van der Waals surface area contributed by atoms with Gasteiger partial charge in [0.25, 0.3) is 6.47 Å². The minimum absolute atomic E-state index is 0.250. The lowest BCUT2D eigenvalue weighted by molar-refractivity contribution is -0.135. The predicted octanol–water partition coefficient (Wildman–Crippen LogP) is 2.62. The molecule has 3 fully saturated rings. The first kappa shape index (κ1) is 21.2. The molecular formula is C20H36N2O4. The molecule has 0 spiro atoms. The normalized spacial score (nSPS) is 26.2. The van der Waals surface area contributed by atoms with E-state index in [0.29, 0.717) is 17.7 Å². The Bertz CT molecular complexity index is 405. The molecule has 1 saturated carbocycles. The lowest BCUT2D eigenvalue weighted by Gasteiger charge is -2.29. The second-order valence-corrected chi connectivity index (χ2v) is 7.86. The average molecular weight is 369 g/mol. The van der Waals surface area contributed by atoms with Crippen molar-refractivity contribution >= 4 is 12.4 Å². The maximum Gasteiger partial charge on any atom is 0.290 e. The molecule has 0 aromatic carbocycles. The molecule has 1 atom stereocenters. The highest BCUT2D eigenvalue weighted by atomic mass is 16.5. The number of hydrogen-bond donors (Lipinski definition) is 1. The van der Waals surface area contributed by atoms with Gasteiger partial charge in [-0.15, -0.1) is 0 Å². The molecule has 26 heavy (non-hydrogen) atoms. The van der Waals surface area contributed by atoms with Crippen LogP contribution in [0.1, 0.15) is 57.8 Å². The van der Waals surface area contributed by atoms with Crippen LogP contribution < -0.4 is 0 Å². The van der Waals surface area contributed by atoms with Gasteiger partial charge in [-0.05, 0) is 44.6 Å². The van der Waals surface area contributed by atoms with Crippen molar-refractivity contribution < 1.29 is 19.4 Å². The second kappa shape index (κ2) is 12.3. The first-order valence-electron chi connectivity index (χ1n) is 10.4. The minimum Gasteiger partial charge on any atom is -0.483 e. The van der Waals surface area contributed by atoms with Gasteiger partial charge in [0.05, 0.1) is 6.61 Å². The van der Waals surface area contributed by atoms with Crippen molar-refractivity contribution in [2.24, 2.45) is 11.8 Å². The molecule has 1 N–H and O–H groups in total. The molecule has 0 aromatic heterocycles. The molecule has 150 valence electrons. The lowest BCUT2D eigenvalue weighted by Crippen LogP contribution is -2.40. The number of hydrogen-bond acceptors (Lipinski definition) is 4. The molecule has 0 aromatic rings. The molecule has 3 rings (SSSR count). The van der Waals surface area contributed by atoms with Crippen LogP contribution in [-0.4, -0.2) is 73.2 Å². The van der Waals surface area contributed by atoms with Crippen molar-refractivity contribution in [1.29, 1.82) is 0 Å². The zero-order valence-corrected chi connectivity index (χ0v) is 16.1. The monoisotopic (exact) mass is 368 g/mol. The van der Waals surface area contributed by atoms with Crippen LogP contribution in [-0.2, 0) is 14.3 Å². The number of carboxylic acid groups (broad SMARTS) is 1. The van der Waals surface area contributed by atoms with Gasteiger partial charge in [0, 0.05) is 38.7 Å². The summed E-state index contributed by atoms with van der Waals surface area (Å²) in [5, 5.41) is 6.89. The summed E-state index contributed by atoms with van der Waals surface area (Å²) < 4.78 is 5.61. The van der Waals surface area contributed by atoms with E-state index >= 15 is 0 Å². The van der Waals surface area contributed by atoms with E-state index in [1.807, 2.05) is 0 Å². The largest absolute Gasteiger partial charge is 0.483 e. The van der Waals surface area contributed by atoms with Gasteiger partial charge in [-0.1, -0.05) is 25.7 Å². The van der Waals surface area contributed by atoms with Crippen molar-refractivity contribution in [3.8, 4) is 0 Å². The summed E-state index contributed by atoms with van der Waals surface area (Å²) in [5.41, 5.74) is 0. The summed E-state index contributed by atoms with van der Waals surface area (Å²) in [6.45, 7) is 6.88. The molecule has 1 unspecified atom stereocenters. The predicted molar refractivity (Wildman–Crippen MR) is 101 cm³/mol. The molecule has 2 saturated heterocycles. The number of carbonyl (C=O) groups excluding carboxylic acids is 1. The number of nitrogens with zero attached hydrogens (tertiary/aromatic N) is 2. The van der Waals surface area contributed by atoms with Crippen molar-refractivity contribution in [1.82, 2.24) is 9.80 Å². The Labute approximate surface area is 157 Å². The Balaban J connectivity index is 0.000000758. The van der Waals surface area contributed by atoms with Gasteiger partial charge < -0.3 is 19.6 Å². The van der Waals surface area contributed by atoms with Crippen molar-refractivity contribution in [2.75, 3.05) is 45.9 Å². The van der Waals surface area contributed by atoms with Crippen LogP contribution in [0.2, 0.25) is 0 Å². The Kier molecular flexibility index (Phi) is 10.00. The Morgan fingerprint density at radius 2 is 1.69 bits per heavy atom. The quantitative estimate of drug-likeness (QED) is 0.612. The molecule has 0 radical (unpaired) electrons. The van der Waals surface area contributed by atoms with Crippen LogP contribution in [0.3, 0.4) is 0 Å². The molecule has 6 heteroatoms. The zero-order valence-electron chi connectivity index (χ0n) is 16.1. The first-order valence-corrected chi connectivity index (χ1v) is 10.4. The highest BCUT2D eigenvalue weighted by Crippen LogP contribution is 2.25. The standard InChI is InChI=1S/C19H34N2O2.CH2O2/c22-19(18-8-3-1-2-4-9-18)21-11-6-10-20(12-13-21)15-17-7-5-14-23-16-17;2-1-3/h17-18H,1-16H2;1H,(H,2,3). The van der Waals surface area contributed by atoms with Crippen LogP contribution in [0.25, 0.3) is 0 Å². The van der Waals surface area contributed by atoms with E-state index in [4.69, 9.17) is 14.6 Å². The third-order valence-corrected chi connectivity index (χ3v) is 5.88. The van der Waals surface area contributed by atoms with Crippen LogP contribution in [0.4, 0.5) is 0 Å². The summed E-state index contributed by atoms with van der Waals surface area (Å²) >= 11 is 0. The minimum atomic E-state index is -0.250. The highest BCUT2D eigenvalue weighted by molar-refractivity contribution is 5.78. The van der Waals surface area contributed by atoms with Gasteiger partial charge >= 0.3 is 0 Å². The van der Waals surface area contributed by atoms with Gasteiger partial charge in [0.15, 0.2) is 0 Å². The number of rotatable bonds is 3. The fourth-order valence-electron chi connectivity index (χ4n) is 4.47. The molecular weight excluding hydrogens is 332 g/mol. The van der Waals surface area contributed by atoms with Crippen LogP contribution in [0.5, 0.6) is 0 Å². The van der Waals surface area contributed by atoms with Crippen LogP contribution in [0, 0.1) is 11.8 Å². The lowest BCUT2D eigenvalue weighted by atomic mass is 9.98. The summed E-state index contributed by atoms with van der Waals surface area (Å²) in [6.07, 6.45) is 11.0. The molecule has 1 aliphatic carbocycles. The van der Waals surface area contributed by atoms with Crippen molar-refractivity contribution in [3.63, 3.8) is 0 Å². The summed E-state index contributed by atoms with van der Waals surface area (Å²) in [7, 11) is 0. The second-order valence-electron chi connectivity index (χ2n) is 7.86. The summed E-state index contributed by atoms with van der Waals surface area (Å²) in [4.78, 5) is 25.9. The van der Waals surface area contributed by atoms with E-state index in [0.717, 1.165) is 65.2 Å². The summed E-state index contributed by atoms with van der Waals surface area (Å²) in [6, 6.07) is 0. The third-order valence-electron chi connectivity index (χ3n) is 5.88. The summed E-state index contributed by atoms with van der Waals surface area (Å²) in [5.74, 6) is 1.47. The Morgan fingerprint density at radius 3 is 2.35 bits per heavy atom. The van der Waals surface area contributed by atoms with Crippen molar-refractivity contribution in [3.05, 3.63) is 0 Å². The molecule has 0 bridgehead atoms. The van der Waals surface area contributed by atoms with Crippen molar-refractivity contribution in [2.45, 2.75) is 57.8 Å². The van der Waals surface area contributed by atoms with Gasteiger partial charge in [0.2, 0.25) is 5.91 Å².